The summed E-state index contributed by atoms with van der Waals surface area (Å²) in [5.41, 5.74) is 5.71. The Morgan fingerprint density at radius 1 is 0.780 bits per heavy atom. The van der Waals surface area contributed by atoms with Crippen LogP contribution < -0.4 is 27.0 Å². The van der Waals surface area contributed by atoms with Crippen molar-refractivity contribution in [3.63, 3.8) is 0 Å². The maximum absolute atomic E-state index is 14.0. The molecule has 0 aromatic carbocycles. The largest absolute Gasteiger partial charge is 0.391 e. The third-order valence-corrected chi connectivity index (χ3v) is 10.4. The Balaban J connectivity index is 1.63. The van der Waals surface area contributed by atoms with E-state index in [9.17, 15) is 33.9 Å². The van der Waals surface area contributed by atoms with E-state index in [2.05, 4.69) is 21.3 Å². The number of nitrogens with one attached hydrogen (secondary N) is 4. The SMILES string of the molecule is CCCNC(=O)[C@@H](NC(=O)[C@@H]1CCCN1C(=O)[C@H](C)NC(=O)[C@@H]1CCCCN1C(=O)[C@H](CCCCN)NC(=O)CCC1CCCCC1)C(C)O. The summed E-state index contributed by atoms with van der Waals surface area (Å²) in [6.45, 7) is 6.42. The molecule has 284 valence electrons. The van der Waals surface area contributed by atoms with Crippen molar-refractivity contribution in [2.75, 3.05) is 26.2 Å². The third kappa shape index (κ3) is 12.2. The van der Waals surface area contributed by atoms with E-state index < -0.39 is 59.9 Å². The van der Waals surface area contributed by atoms with Crippen LogP contribution in [0.25, 0.3) is 0 Å². The highest BCUT2D eigenvalue weighted by Crippen LogP contribution is 2.27. The number of aliphatic hydroxyl groups is 1. The Hall–Kier alpha value is -3.26. The number of hydrogen-bond donors (Lipinski definition) is 6. The highest BCUT2D eigenvalue weighted by molar-refractivity contribution is 5.96. The monoisotopic (exact) mass is 705 g/mol. The fraction of sp³-hybridized carbons (Fsp3) is 0.833. The molecule has 2 saturated heterocycles. The second-order valence-electron chi connectivity index (χ2n) is 14.4. The number of nitrogens with zero attached hydrogens (tertiary/aromatic N) is 2. The molecule has 50 heavy (non-hydrogen) atoms. The first kappa shape index (κ1) is 41.2. The van der Waals surface area contributed by atoms with Crippen LogP contribution in [0.2, 0.25) is 0 Å². The zero-order valence-electron chi connectivity index (χ0n) is 30.6. The normalized spacial score (nSPS) is 22.2. The number of piperidine rings is 1. The number of aliphatic hydroxyl groups excluding tert-OH is 1. The minimum atomic E-state index is -1.17. The molecule has 3 rings (SSSR count). The summed E-state index contributed by atoms with van der Waals surface area (Å²) in [4.78, 5) is 83.1. The number of amides is 6. The Morgan fingerprint density at radius 3 is 2.06 bits per heavy atom. The molecule has 3 fully saturated rings. The smallest absolute Gasteiger partial charge is 0.245 e. The molecule has 3 aliphatic rings. The van der Waals surface area contributed by atoms with Gasteiger partial charge in [-0.1, -0.05) is 39.0 Å². The van der Waals surface area contributed by atoms with Crippen LogP contribution >= 0.6 is 0 Å². The van der Waals surface area contributed by atoms with E-state index >= 15 is 0 Å². The lowest BCUT2D eigenvalue weighted by Gasteiger charge is -2.38. The lowest BCUT2D eigenvalue weighted by atomic mass is 9.86. The molecule has 7 N–H and O–H groups in total. The number of hydrogen-bond acceptors (Lipinski definition) is 8. The molecule has 0 aromatic rings. The third-order valence-electron chi connectivity index (χ3n) is 10.4. The number of likely N-dealkylation sites (tertiary alicyclic amines) is 2. The van der Waals surface area contributed by atoms with Crippen molar-refractivity contribution in [2.24, 2.45) is 11.7 Å². The lowest BCUT2D eigenvalue weighted by Crippen LogP contribution is -2.60. The van der Waals surface area contributed by atoms with Gasteiger partial charge in [-0.3, -0.25) is 28.8 Å². The molecule has 0 radical (unpaired) electrons. The first-order valence-electron chi connectivity index (χ1n) is 19.1. The Kier molecular flexibility index (Phi) is 17.4. The van der Waals surface area contributed by atoms with Gasteiger partial charge in [0.2, 0.25) is 35.4 Å². The van der Waals surface area contributed by atoms with E-state index in [1.54, 1.807) is 11.8 Å². The Labute approximate surface area is 297 Å². The minimum Gasteiger partial charge on any atom is -0.391 e. The van der Waals surface area contributed by atoms with Crippen LogP contribution in [0, 0.1) is 5.92 Å². The van der Waals surface area contributed by atoms with E-state index in [1.165, 1.54) is 31.1 Å². The number of unbranched alkanes of at least 4 members (excludes halogenated alkanes) is 1. The second kappa shape index (κ2) is 21.2. The van der Waals surface area contributed by atoms with Crippen LogP contribution in [0.15, 0.2) is 0 Å². The van der Waals surface area contributed by atoms with E-state index in [-0.39, 0.29) is 11.8 Å². The highest BCUT2D eigenvalue weighted by atomic mass is 16.3. The van der Waals surface area contributed by atoms with Gasteiger partial charge >= 0.3 is 0 Å². The van der Waals surface area contributed by atoms with Crippen LogP contribution in [-0.2, 0) is 28.8 Å². The molecule has 1 unspecified atom stereocenters. The van der Waals surface area contributed by atoms with Crippen molar-refractivity contribution in [2.45, 2.75) is 160 Å². The molecule has 1 saturated carbocycles. The van der Waals surface area contributed by atoms with E-state index in [0.717, 1.165) is 32.1 Å². The molecule has 6 atom stereocenters. The summed E-state index contributed by atoms with van der Waals surface area (Å²) in [6, 6.07) is -4.56. The molecule has 14 heteroatoms. The van der Waals surface area contributed by atoms with Crippen molar-refractivity contribution in [1.29, 1.82) is 0 Å². The molecule has 0 spiro atoms. The van der Waals surface area contributed by atoms with Crippen molar-refractivity contribution in [3.05, 3.63) is 0 Å². The van der Waals surface area contributed by atoms with E-state index in [4.69, 9.17) is 5.73 Å². The van der Waals surface area contributed by atoms with Crippen LogP contribution in [0.1, 0.15) is 124 Å². The van der Waals surface area contributed by atoms with Crippen molar-refractivity contribution in [3.8, 4) is 0 Å². The predicted molar refractivity (Wildman–Crippen MR) is 189 cm³/mol. The molecule has 0 bridgehead atoms. The summed E-state index contributed by atoms with van der Waals surface area (Å²) in [6.07, 6.45) is 11.3. The van der Waals surface area contributed by atoms with Gasteiger partial charge in [0.25, 0.3) is 0 Å². The van der Waals surface area contributed by atoms with E-state index in [1.807, 2.05) is 6.92 Å². The molecule has 2 heterocycles. The van der Waals surface area contributed by atoms with Crippen LogP contribution in [0.4, 0.5) is 0 Å². The summed E-state index contributed by atoms with van der Waals surface area (Å²) in [5, 5.41) is 21.2. The predicted octanol–water partition coefficient (Wildman–Crippen LogP) is 1.23. The minimum absolute atomic E-state index is 0.149. The number of rotatable bonds is 18. The Bertz CT molecular complexity index is 1150. The number of nitrogens with two attached hydrogens (primary N) is 1. The highest BCUT2D eigenvalue weighted by Gasteiger charge is 2.40. The first-order chi connectivity index (χ1) is 24.0. The van der Waals surface area contributed by atoms with Gasteiger partial charge in [0.1, 0.15) is 30.2 Å². The summed E-state index contributed by atoms with van der Waals surface area (Å²) >= 11 is 0. The topological polar surface area (TPSA) is 203 Å². The maximum Gasteiger partial charge on any atom is 0.245 e. The molecule has 1 aliphatic carbocycles. The van der Waals surface area contributed by atoms with Crippen LogP contribution in [0.3, 0.4) is 0 Å². The maximum atomic E-state index is 14.0. The van der Waals surface area contributed by atoms with Gasteiger partial charge in [0.15, 0.2) is 0 Å². The zero-order valence-corrected chi connectivity index (χ0v) is 30.6. The summed E-state index contributed by atoms with van der Waals surface area (Å²) < 4.78 is 0. The first-order valence-corrected chi connectivity index (χ1v) is 19.1. The van der Waals surface area contributed by atoms with Gasteiger partial charge in [0.05, 0.1) is 6.10 Å². The van der Waals surface area contributed by atoms with Gasteiger partial charge in [-0.25, -0.2) is 0 Å². The zero-order chi connectivity index (χ0) is 36.6. The number of carbonyl (C=O) groups excluding carboxylic acids is 6. The van der Waals surface area contributed by atoms with Gasteiger partial charge in [-0.2, -0.15) is 0 Å². The van der Waals surface area contributed by atoms with Gasteiger partial charge in [0, 0.05) is 26.1 Å². The molecule has 2 aliphatic heterocycles. The Morgan fingerprint density at radius 2 is 1.40 bits per heavy atom. The fourth-order valence-corrected chi connectivity index (χ4v) is 7.43. The molecule has 14 nitrogen and oxygen atoms in total. The quantitative estimate of drug-likeness (QED) is 0.114. The summed E-state index contributed by atoms with van der Waals surface area (Å²) in [7, 11) is 0. The van der Waals surface area contributed by atoms with Gasteiger partial charge in [-0.05, 0) is 90.5 Å². The lowest BCUT2D eigenvalue weighted by molar-refractivity contribution is -0.147. The molecule has 0 aromatic heterocycles. The van der Waals surface area contributed by atoms with Gasteiger partial charge in [-0.15, -0.1) is 0 Å². The van der Waals surface area contributed by atoms with E-state index in [0.29, 0.717) is 83.5 Å². The van der Waals surface area contributed by atoms with Crippen molar-refractivity contribution >= 4 is 35.4 Å². The second-order valence-corrected chi connectivity index (χ2v) is 14.4. The molecular weight excluding hydrogens is 642 g/mol. The van der Waals surface area contributed by atoms with Crippen molar-refractivity contribution < 1.29 is 33.9 Å². The molecular formula is C36H63N7O7. The standard InChI is InChI=1S/C36H63N7O7/c1-4-21-38-34(48)31(25(3)44)41-33(47)29-17-12-23-42(29)35(49)24(2)39-32(46)28-16-9-11-22-43(28)36(50)27(15-8-10-20-37)40-30(45)19-18-26-13-6-5-7-14-26/h24-29,31,44H,4-23,37H2,1-3H3,(H,38,48)(H,39,46)(H,40,45)(H,41,47)/t24-,25?,27-,28-,29-,31-/m0/s1. The van der Waals surface area contributed by atoms with Crippen LogP contribution in [-0.4, -0.2) is 113 Å². The average Bonchev–Trinajstić information content (AvgIpc) is 3.61. The summed E-state index contributed by atoms with van der Waals surface area (Å²) in [5.74, 6) is -1.84. The van der Waals surface area contributed by atoms with Crippen LogP contribution in [0.5, 0.6) is 0 Å². The fourth-order valence-electron chi connectivity index (χ4n) is 7.43. The van der Waals surface area contributed by atoms with Gasteiger partial charge < -0.3 is 41.9 Å². The molecule has 6 amide bonds. The number of carbonyl (C=O) groups is 6. The average molecular weight is 706 g/mol. The van der Waals surface area contributed by atoms with Crippen molar-refractivity contribution in [1.82, 2.24) is 31.1 Å².